The number of ether oxygens (including phenoxy) is 2. The molecule has 0 aliphatic heterocycles. The predicted octanol–water partition coefficient (Wildman–Crippen LogP) is 6.51. The van der Waals surface area contributed by atoms with Crippen LogP contribution in [0.4, 0.5) is 5.00 Å². The molecule has 0 aliphatic carbocycles. The second kappa shape index (κ2) is 11.2. The minimum Gasteiger partial charge on any atom is -0.490 e. The van der Waals surface area contributed by atoms with Crippen molar-refractivity contribution in [2.45, 2.75) is 33.6 Å². The van der Waals surface area contributed by atoms with Gasteiger partial charge in [-0.15, -0.1) is 11.3 Å². The highest BCUT2D eigenvalue weighted by Crippen LogP contribution is 2.39. The third kappa shape index (κ3) is 5.79. The van der Waals surface area contributed by atoms with E-state index in [2.05, 4.69) is 5.32 Å². The summed E-state index contributed by atoms with van der Waals surface area (Å²) in [6.45, 7) is 6.00. The van der Waals surface area contributed by atoms with E-state index in [4.69, 9.17) is 37.9 Å². The summed E-state index contributed by atoms with van der Waals surface area (Å²) in [5, 5.41) is 12.4. The van der Waals surface area contributed by atoms with Crippen molar-refractivity contribution in [2.24, 2.45) is 0 Å². The van der Waals surface area contributed by atoms with Gasteiger partial charge in [-0.1, -0.05) is 36.5 Å². The van der Waals surface area contributed by atoms with Gasteiger partial charge in [0, 0.05) is 16.5 Å². The van der Waals surface area contributed by atoms with E-state index < -0.39 is 11.9 Å². The van der Waals surface area contributed by atoms with Crippen LogP contribution in [-0.4, -0.2) is 25.6 Å². The fourth-order valence-electron chi connectivity index (χ4n) is 2.81. The van der Waals surface area contributed by atoms with Gasteiger partial charge in [-0.25, -0.2) is 4.79 Å². The topological polar surface area (TPSA) is 88.4 Å². The number of methoxy groups -OCH3 is 1. The zero-order chi connectivity index (χ0) is 23.1. The Morgan fingerprint density at radius 3 is 2.48 bits per heavy atom. The van der Waals surface area contributed by atoms with Crippen LogP contribution in [-0.2, 0) is 4.74 Å². The number of amides is 1. The van der Waals surface area contributed by atoms with Gasteiger partial charge in [0.1, 0.15) is 5.00 Å². The molecule has 1 N–H and O–H groups in total. The van der Waals surface area contributed by atoms with Gasteiger partial charge < -0.3 is 14.8 Å². The lowest BCUT2D eigenvalue weighted by atomic mass is 10.1. The van der Waals surface area contributed by atoms with Gasteiger partial charge in [0.25, 0.3) is 5.91 Å². The number of nitrogens with zero attached hydrogens (tertiary/aromatic N) is 1. The molecule has 1 amide bonds. The molecule has 0 saturated carbocycles. The van der Waals surface area contributed by atoms with Crippen molar-refractivity contribution in [3.8, 4) is 11.8 Å². The number of halogens is 2. The molecule has 31 heavy (non-hydrogen) atoms. The molecule has 2 rings (SSSR count). The van der Waals surface area contributed by atoms with E-state index in [1.165, 1.54) is 36.7 Å². The average molecular weight is 481 g/mol. The average Bonchev–Trinajstić information content (AvgIpc) is 3.05. The summed E-state index contributed by atoms with van der Waals surface area (Å²) in [6.07, 6.45) is 3.19. The number of anilines is 1. The van der Waals surface area contributed by atoms with Crippen molar-refractivity contribution < 1.29 is 19.1 Å². The van der Waals surface area contributed by atoms with E-state index in [0.29, 0.717) is 33.4 Å². The number of hydrogen-bond donors (Lipinski definition) is 1. The quantitative estimate of drug-likeness (QED) is 0.264. The molecule has 6 nitrogen and oxygen atoms in total. The monoisotopic (exact) mass is 480 g/mol. The second-order valence-electron chi connectivity index (χ2n) is 6.63. The van der Waals surface area contributed by atoms with Crippen molar-refractivity contribution in [3.05, 3.63) is 49.8 Å². The van der Waals surface area contributed by atoms with Crippen molar-refractivity contribution in [2.75, 3.05) is 19.0 Å². The number of benzene rings is 1. The Bertz CT molecular complexity index is 1050. The standard InChI is InChI=1S/C22H22Cl2N2O4S/c1-5-6-9-30-18-15(23)10-14(11-16(18)24)20(27)26-21-17(22(28)29-4)13(3)19(31-21)12(2)7-8-25/h7,10-11H,5-6,9H2,1-4H3,(H,26,27)/b12-7+. The number of allylic oxidation sites excluding steroid dienone is 2. The molecule has 0 bridgehead atoms. The second-order valence-corrected chi connectivity index (χ2v) is 8.47. The molecule has 1 aromatic heterocycles. The van der Waals surface area contributed by atoms with Gasteiger partial charge in [0.15, 0.2) is 5.75 Å². The number of nitriles is 1. The third-order valence-corrected chi connectivity index (χ3v) is 6.31. The molecule has 0 saturated heterocycles. The maximum Gasteiger partial charge on any atom is 0.341 e. The maximum absolute atomic E-state index is 12.9. The molecule has 0 radical (unpaired) electrons. The van der Waals surface area contributed by atoms with Crippen LogP contribution in [0.2, 0.25) is 10.0 Å². The number of rotatable bonds is 8. The molecular formula is C22H22Cl2N2O4S. The molecule has 1 heterocycles. The van der Waals surface area contributed by atoms with E-state index in [1.54, 1.807) is 13.8 Å². The van der Waals surface area contributed by atoms with Crippen LogP contribution in [0, 0.1) is 18.3 Å². The molecule has 2 aromatic rings. The van der Waals surface area contributed by atoms with E-state index in [1.807, 2.05) is 13.0 Å². The lowest BCUT2D eigenvalue weighted by Crippen LogP contribution is -2.14. The lowest BCUT2D eigenvalue weighted by molar-refractivity contribution is 0.0601. The first kappa shape index (κ1) is 24.7. The number of esters is 1. The van der Waals surface area contributed by atoms with Crippen LogP contribution in [0.1, 0.15) is 57.8 Å². The molecule has 0 unspecified atom stereocenters. The number of hydrogen-bond acceptors (Lipinski definition) is 6. The number of carbonyl (C=O) groups excluding carboxylic acids is 2. The van der Waals surface area contributed by atoms with Crippen LogP contribution >= 0.6 is 34.5 Å². The Balaban J connectivity index is 2.39. The summed E-state index contributed by atoms with van der Waals surface area (Å²) in [6, 6.07) is 4.89. The highest BCUT2D eigenvalue weighted by Gasteiger charge is 2.24. The normalized spacial score (nSPS) is 11.1. The van der Waals surface area contributed by atoms with Crippen LogP contribution < -0.4 is 10.1 Å². The van der Waals surface area contributed by atoms with Crippen molar-refractivity contribution in [1.29, 1.82) is 5.26 Å². The number of thiophene rings is 1. The largest absolute Gasteiger partial charge is 0.490 e. The summed E-state index contributed by atoms with van der Waals surface area (Å²) >= 11 is 13.7. The summed E-state index contributed by atoms with van der Waals surface area (Å²) < 4.78 is 10.5. The Kier molecular flexibility index (Phi) is 8.93. The van der Waals surface area contributed by atoms with Crippen LogP contribution in [0.3, 0.4) is 0 Å². The molecule has 9 heteroatoms. The van der Waals surface area contributed by atoms with Gasteiger partial charge in [-0.2, -0.15) is 5.26 Å². The Morgan fingerprint density at radius 1 is 1.29 bits per heavy atom. The smallest absolute Gasteiger partial charge is 0.341 e. The minimum atomic E-state index is -0.587. The van der Waals surface area contributed by atoms with E-state index in [-0.39, 0.29) is 21.2 Å². The summed E-state index contributed by atoms with van der Waals surface area (Å²) in [5.41, 5.74) is 1.74. The Morgan fingerprint density at radius 2 is 1.94 bits per heavy atom. The summed E-state index contributed by atoms with van der Waals surface area (Å²) in [7, 11) is 1.26. The number of carbonyl (C=O) groups is 2. The molecule has 164 valence electrons. The van der Waals surface area contributed by atoms with Crippen molar-refractivity contribution in [1.82, 2.24) is 0 Å². The summed E-state index contributed by atoms with van der Waals surface area (Å²) in [4.78, 5) is 25.9. The van der Waals surface area contributed by atoms with Gasteiger partial charge >= 0.3 is 5.97 Å². The fraction of sp³-hybridized carbons (Fsp3) is 0.318. The van der Waals surface area contributed by atoms with Gasteiger partial charge in [-0.05, 0) is 43.5 Å². The highest BCUT2D eigenvalue weighted by atomic mass is 35.5. The fourth-order valence-corrected chi connectivity index (χ4v) is 4.57. The Labute approximate surface area is 195 Å². The zero-order valence-corrected chi connectivity index (χ0v) is 19.9. The first-order valence-corrected chi connectivity index (χ1v) is 11.0. The van der Waals surface area contributed by atoms with E-state index in [9.17, 15) is 9.59 Å². The highest BCUT2D eigenvalue weighted by molar-refractivity contribution is 7.18. The number of nitrogens with one attached hydrogen (secondary N) is 1. The SMILES string of the molecule is CCCCOc1c(Cl)cc(C(=O)Nc2sc(/C(C)=C/C#N)c(C)c2C(=O)OC)cc1Cl. The van der Waals surface area contributed by atoms with Crippen LogP contribution in [0.5, 0.6) is 5.75 Å². The molecule has 0 atom stereocenters. The lowest BCUT2D eigenvalue weighted by Gasteiger charge is -2.12. The van der Waals surface area contributed by atoms with E-state index in [0.717, 1.165) is 12.8 Å². The van der Waals surface area contributed by atoms with Crippen molar-refractivity contribution >= 4 is 57.0 Å². The van der Waals surface area contributed by atoms with Gasteiger partial charge in [-0.3, -0.25) is 4.79 Å². The third-order valence-electron chi connectivity index (χ3n) is 4.41. The molecule has 0 spiro atoms. The van der Waals surface area contributed by atoms with Crippen molar-refractivity contribution in [3.63, 3.8) is 0 Å². The zero-order valence-electron chi connectivity index (χ0n) is 17.6. The van der Waals surface area contributed by atoms with Gasteiger partial charge in [0.2, 0.25) is 0 Å². The molecular weight excluding hydrogens is 459 g/mol. The van der Waals surface area contributed by atoms with Crippen LogP contribution in [0.15, 0.2) is 18.2 Å². The molecule has 0 fully saturated rings. The first-order valence-electron chi connectivity index (χ1n) is 9.46. The molecule has 1 aromatic carbocycles. The van der Waals surface area contributed by atoms with Gasteiger partial charge in [0.05, 0.1) is 35.4 Å². The Hall–Kier alpha value is -2.53. The predicted molar refractivity (Wildman–Crippen MR) is 124 cm³/mol. The van der Waals surface area contributed by atoms with Crippen LogP contribution in [0.25, 0.3) is 5.57 Å². The summed E-state index contributed by atoms with van der Waals surface area (Å²) in [5.74, 6) is -0.755. The molecule has 0 aliphatic rings. The first-order chi connectivity index (χ1) is 14.7. The minimum absolute atomic E-state index is 0.213. The van der Waals surface area contributed by atoms with E-state index >= 15 is 0 Å². The maximum atomic E-state index is 12.9. The number of unbranched alkanes of at least 4 members (excludes halogenated alkanes) is 1.